The summed E-state index contributed by atoms with van der Waals surface area (Å²) in [6, 6.07) is 7.78. The fourth-order valence-corrected chi connectivity index (χ4v) is 2.85. The number of piperidine rings is 1. The van der Waals surface area contributed by atoms with Gasteiger partial charge in [-0.2, -0.15) is 0 Å². The van der Waals surface area contributed by atoms with Crippen LogP contribution in [-0.2, 0) is 4.79 Å². The van der Waals surface area contributed by atoms with E-state index in [-0.39, 0.29) is 24.5 Å². The summed E-state index contributed by atoms with van der Waals surface area (Å²) in [6.07, 6.45) is -1.18. The summed E-state index contributed by atoms with van der Waals surface area (Å²) in [5, 5.41) is 2.91. The van der Waals surface area contributed by atoms with Crippen LogP contribution in [0.5, 0.6) is 5.75 Å². The summed E-state index contributed by atoms with van der Waals surface area (Å²) in [5.41, 5.74) is 1.17. The van der Waals surface area contributed by atoms with E-state index in [9.17, 15) is 13.6 Å². The predicted octanol–water partition coefficient (Wildman–Crippen LogP) is 2.86. The monoisotopic (exact) mass is 340 g/mol. The van der Waals surface area contributed by atoms with Gasteiger partial charge in [0, 0.05) is 5.92 Å². The number of nitrogens with one attached hydrogen (secondary N) is 1. The van der Waals surface area contributed by atoms with E-state index in [4.69, 9.17) is 4.74 Å². The minimum atomic E-state index is -2.31. The fraction of sp³-hybridized carbons (Fsp3) is 0.611. The zero-order valence-corrected chi connectivity index (χ0v) is 14.3. The summed E-state index contributed by atoms with van der Waals surface area (Å²) in [6.45, 7) is 5.26. The van der Waals surface area contributed by atoms with Gasteiger partial charge in [0.05, 0.1) is 13.1 Å². The first-order valence-electron chi connectivity index (χ1n) is 8.45. The highest BCUT2D eigenvalue weighted by Gasteiger charge is 2.26. The van der Waals surface area contributed by atoms with E-state index in [1.807, 2.05) is 38.1 Å². The first-order valence-corrected chi connectivity index (χ1v) is 8.45. The maximum Gasteiger partial charge on any atom is 0.251 e. The number of aryl methyl sites for hydroxylation is 1. The largest absolute Gasteiger partial charge is 0.489 e. The molecule has 1 atom stereocenters. The number of carbonyl (C=O) groups excluding carboxylic acids is 1. The van der Waals surface area contributed by atoms with Gasteiger partial charge < -0.3 is 10.1 Å². The molecule has 1 aliphatic rings. The molecule has 134 valence electrons. The molecule has 1 aromatic carbocycles. The molecule has 4 nitrogen and oxygen atoms in total. The van der Waals surface area contributed by atoms with Gasteiger partial charge in [0.15, 0.2) is 0 Å². The Bertz CT molecular complexity index is 514. The van der Waals surface area contributed by atoms with Gasteiger partial charge in [-0.15, -0.1) is 0 Å². The van der Waals surface area contributed by atoms with E-state index in [0.29, 0.717) is 32.5 Å². The van der Waals surface area contributed by atoms with Crippen molar-refractivity contribution in [1.29, 1.82) is 0 Å². The van der Waals surface area contributed by atoms with Crippen LogP contribution < -0.4 is 10.1 Å². The van der Waals surface area contributed by atoms with Gasteiger partial charge in [-0.25, -0.2) is 8.78 Å². The molecule has 0 unspecified atom stereocenters. The first-order chi connectivity index (χ1) is 11.4. The lowest BCUT2D eigenvalue weighted by Gasteiger charge is -2.31. The fourth-order valence-electron chi connectivity index (χ4n) is 2.85. The number of nitrogens with zero attached hydrogens (tertiary/aromatic N) is 1. The van der Waals surface area contributed by atoms with Crippen molar-refractivity contribution >= 4 is 5.91 Å². The van der Waals surface area contributed by atoms with Crippen LogP contribution in [0.1, 0.15) is 25.3 Å². The number of carbonyl (C=O) groups is 1. The summed E-state index contributed by atoms with van der Waals surface area (Å²) < 4.78 is 30.5. The van der Waals surface area contributed by atoms with Crippen molar-refractivity contribution in [2.75, 3.05) is 26.2 Å². The molecule has 1 amide bonds. The molecule has 1 aliphatic heterocycles. The highest BCUT2D eigenvalue weighted by atomic mass is 19.3. The number of benzene rings is 1. The van der Waals surface area contributed by atoms with Crippen molar-refractivity contribution in [3.63, 3.8) is 0 Å². The van der Waals surface area contributed by atoms with E-state index >= 15 is 0 Å². The molecule has 1 N–H and O–H groups in total. The second-order valence-electron chi connectivity index (χ2n) is 6.45. The van der Waals surface area contributed by atoms with Gasteiger partial charge in [-0.1, -0.05) is 17.7 Å². The van der Waals surface area contributed by atoms with Crippen LogP contribution in [0.2, 0.25) is 0 Å². The van der Waals surface area contributed by atoms with Crippen LogP contribution in [0.25, 0.3) is 0 Å². The summed E-state index contributed by atoms with van der Waals surface area (Å²) in [4.78, 5) is 13.9. The Morgan fingerprint density at radius 2 is 1.92 bits per heavy atom. The lowest BCUT2D eigenvalue weighted by molar-refractivity contribution is -0.126. The van der Waals surface area contributed by atoms with Gasteiger partial charge in [-0.3, -0.25) is 9.69 Å². The molecule has 0 bridgehead atoms. The SMILES string of the molecule is Cc1ccc(O[C@H](C)CNC(=O)C2CCN(CC(F)F)CC2)cc1. The topological polar surface area (TPSA) is 41.6 Å². The van der Waals surface area contributed by atoms with E-state index < -0.39 is 6.43 Å². The standard InChI is InChI=1S/C18H26F2N2O2/c1-13-3-5-16(6-4-13)24-14(2)11-21-18(23)15-7-9-22(10-8-15)12-17(19)20/h3-6,14-15,17H,7-12H2,1-2H3,(H,21,23)/t14-/m1/s1. The third-order valence-corrected chi connectivity index (χ3v) is 4.28. The van der Waals surface area contributed by atoms with Crippen molar-refractivity contribution in [2.24, 2.45) is 5.92 Å². The zero-order valence-electron chi connectivity index (χ0n) is 14.3. The smallest absolute Gasteiger partial charge is 0.251 e. The minimum Gasteiger partial charge on any atom is -0.489 e. The van der Waals surface area contributed by atoms with Crippen LogP contribution >= 0.6 is 0 Å². The van der Waals surface area contributed by atoms with Crippen LogP contribution in [0.15, 0.2) is 24.3 Å². The molecule has 0 aromatic heterocycles. The molecule has 0 spiro atoms. The molecule has 2 rings (SSSR count). The van der Waals surface area contributed by atoms with Crippen molar-refractivity contribution < 1.29 is 18.3 Å². The number of hydrogen-bond donors (Lipinski definition) is 1. The molecular weight excluding hydrogens is 314 g/mol. The van der Waals surface area contributed by atoms with E-state index in [1.165, 1.54) is 5.56 Å². The Kier molecular flexibility index (Phi) is 6.97. The van der Waals surface area contributed by atoms with Gasteiger partial charge in [-0.05, 0) is 51.9 Å². The molecule has 0 radical (unpaired) electrons. The molecule has 6 heteroatoms. The quantitative estimate of drug-likeness (QED) is 0.830. The second-order valence-corrected chi connectivity index (χ2v) is 6.45. The Balaban J connectivity index is 1.68. The Morgan fingerprint density at radius 3 is 2.50 bits per heavy atom. The van der Waals surface area contributed by atoms with Gasteiger partial charge >= 0.3 is 0 Å². The van der Waals surface area contributed by atoms with Crippen LogP contribution in [-0.4, -0.2) is 49.5 Å². The van der Waals surface area contributed by atoms with Crippen molar-refractivity contribution in [3.8, 4) is 5.75 Å². The van der Waals surface area contributed by atoms with E-state index in [1.54, 1.807) is 4.90 Å². The average molecular weight is 340 g/mol. The molecule has 0 saturated carbocycles. The van der Waals surface area contributed by atoms with Gasteiger partial charge in [0.25, 0.3) is 6.43 Å². The lowest BCUT2D eigenvalue weighted by atomic mass is 9.96. The number of likely N-dealkylation sites (tertiary alicyclic amines) is 1. The molecule has 0 aliphatic carbocycles. The maximum absolute atomic E-state index is 12.4. The second kappa shape index (κ2) is 8.97. The normalized spacial score (nSPS) is 17.7. The Morgan fingerprint density at radius 1 is 1.29 bits per heavy atom. The van der Waals surface area contributed by atoms with Gasteiger partial charge in [0.1, 0.15) is 11.9 Å². The molecule has 1 heterocycles. The predicted molar refractivity (Wildman–Crippen MR) is 89.4 cm³/mol. The Labute approximate surface area is 142 Å². The van der Waals surface area contributed by atoms with Crippen molar-refractivity contribution in [3.05, 3.63) is 29.8 Å². The molecule has 1 fully saturated rings. The lowest BCUT2D eigenvalue weighted by Crippen LogP contribution is -2.43. The maximum atomic E-state index is 12.4. The van der Waals surface area contributed by atoms with Crippen LogP contribution in [0.4, 0.5) is 8.78 Å². The number of halogens is 2. The van der Waals surface area contributed by atoms with E-state index in [2.05, 4.69) is 5.32 Å². The summed E-state index contributed by atoms with van der Waals surface area (Å²) >= 11 is 0. The number of amides is 1. The number of alkyl halides is 2. The van der Waals surface area contributed by atoms with Crippen molar-refractivity contribution in [2.45, 2.75) is 39.2 Å². The minimum absolute atomic E-state index is 0.00828. The number of ether oxygens (including phenoxy) is 1. The van der Waals surface area contributed by atoms with Gasteiger partial charge in [0.2, 0.25) is 5.91 Å². The van der Waals surface area contributed by atoms with Crippen LogP contribution in [0, 0.1) is 12.8 Å². The zero-order chi connectivity index (χ0) is 17.5. The molecule has 24 heavy (non-hydrogen) atoms. The van der Waals surface area contributed by atoms with E-state index in [0.717, 1.165) is 5.75 Å². The highest BCUT2D eigenvalue weighted by Crippen LogP contribution is 2.18. The third-order valence-electron chi connectivity index (χ3n) is 4.28. The summed E-state index contributed by atoms with van der Waals surface area (Å²) in [7, 11) is 0. The van der Waals surface area contributed by atoms with Crippen molar-refractivity contribution in [1.82, 2.24) is 10.2 Å². The molecule has 1 aromatic rings. The Hall–Kier alpha value is -1.69. The summed E-state index contributed by atoms with van der Waals surface area (Å²) in [5.74, 6) is 0.680. The average Bonchev–Trinajstić information content (AvgIpc) is 2.55. The number of hydrogen-bond acceptors (Lipinski definition) is 3. The molecule has 1 saturated heterocycles. The third kappa shape index (κ3) is 6.07. The molecular formula is C18H26F2N2O2. The van der Waals surface area contributed by atoms with Crippen LogP contribution in [0.3, 0.4) is 0 Å². The number of rotatable bonds is 7. The first kappa shape index (κ1) is 18.6. The highest BCUT2D eigenvalue weighted by molar-refractivity contribution is 5.78.